The first kappa shape index (κ1) is 15.5. The number of benzene rings is 2. The van der Waals surface area contributed by atoms with Crippen LogP contribution in [0, 0.1) is 3.57 Å². The molecule has 0 amide bonds. The topological polar surface area (TPSA) is 53.8 Å². The number of phenols is 1. The Hall–Kier alpha value is -1.41. The van der Waals surface area contributed by atoms with E-state index in [2.05, 4.69) is 33.1 Å². The summed E-state index contributed by atoms with van der Waals surface area (Å²) >= 11 is 3.77. The molecule has 4 nitrogen and oxygen atoms in total. The third kappa shape index (κ3) is 3.17. The van der Waals surface area contributed by atoms with E-state index in [1.807, 2.05) is 49.4 Å². The molecule has 0 unspecified atom stereocenters. The average Bonchev–Trinajstić information content (AvgIpc) is 3.02. The van der Waals surface area contributed by atoms with Crippen molar-refractivity contribution in [2.75, 3.05) is 6.61 Å². The molecule has 0 fully saturated rings. The van der Waals surface area contributed by atoms with Crippen molar-refractivity contribution in [1.82, 2.24) is 5.43 Å². The number of thioether (sulfide) groups is 1. The van der Waals surface area contributed by atoms with Gasteiger partial charge in [0.1, 0.15) is 10.4 Å². The molecule has 2 aromatic carbocycles. The minimum absolute atomic E-state index is 0.0172. The average molecular weight is 426 g/mol. The van der Waals surface area contributed by atoms with Crippen LogP contribution in [0.25, 0.3) is 0 Å². The molecule has 1 aliphatic rings. The van der Waals surface area contributed by atoms with Crippen molar-refractivity contribution in [1.29, 1.82) is 0 Å². The summed E-state index contributed by atoms with van der Waals surface area (Å²) in [6, 6.07) is 13.9. The molecule has 1 heterocycles. The Morgan fingerprint density at radius 2 is 2.09 bits per heavy atom. The highest BCUT2D eigenvalue weighted by atomic mass is 127. The number of ether oxygens (including phenoxy) is 1. The number of hydrazone groups is 1. The second-order valence-electron chi connectivity index (χ2n) is 4.69. The smallest absolute Gasteiger partial charge is 0.171 e. The molecule has 0 bridgehead atoms. The fourth-order valence-corrected chi connectivity index (χ4v) is 3.75. The second kappa shape index (κ2) is 6.78. The molecule has 1 aliphatic heterocycles. The summed E-state index contributed by atoms with van der Waals surface area (Å²) in [5.74, 6) is 0.707. The number of aromatic hydroxyl groups is 1. The molecule has 2 N–H and O–H groups in total. The van der Waals surface area contributed by atoms with E-state index in [9.17, 15) is 5.11 Å². The maximum Gasteiger partial charge on any atom is 0.171 e. The van der Waals surface area contributed by atoms with Crippen LogP contribution >= 0.6 is 34.4 Å². The van der Waals surface area contributed by atoms with Crippen molar-refractivity contribution in [2.45, 2.75) is 12.3 Å². The van der Waals surface area contributed by atoms with Crippen LogP contribution in [-0.2, 0) is 0 Å². The first-order chi connectivity index (χ1) is 10.7. The Balaban J connectivity index is 1.82. The number of nitrogens with one attached hydrogen (secondary N) is 1. The summed E-state index contributed by atoms with van der Waals surface area (Å²) in [6.07, 6.45) is 0. The number of hydrogen-bond donors (Lipinski definition) is 2. The van der Waals surface area contributed by atoms with E-state index in [1.54, 1.807) is 11.8 Å². The van der Waals surface area contributed by atoms with Gasteiger partial charge >= 0.3 is 0 Å². The highest BCUT2D eigenvalue weighted by Gasteiger charge is 2.24. The van der Waals surface area contributed by atoms with Gasteiger partial charge in [0.2, 0.25) is 0 Å². The lowest BCUT2D eigenvalue weighted by Gasteiger charge is -2.14. The van der Waals surface area contributed by atoms with Gasteiger partial charge < -0.3 is 9.84 Å². The molecule has 0 radical (unpaired) electrons. The van der Waals surface area contributed by atoms with Crippen molar-refractivity contribution in [3.63, 3.8) is 0 Å². The number of nitrogens with zero attached hydrogens (tertiary/aromatic N) is 1. The highest BCUT2D eigenvalue weighted by Crippen LogP contribution is 2.40. The van der Waals surface area contributed by atoms with Gasteiger partial charge in [-0.3, -0.25) is 5.43 Å². The molecule has 1 atom stereocenters. The van der Waals surface area contributed by atoms with Gasteiger partial charge in [-0.15, -0.1) is 0 Å². The van der Waals surface area contributed by atoms with Crippen molar-refractivity contribution >= 4 is 39.4 Å². The highest BCUT2D eigenvalue weighted by molar-refractivity contribution is 14.1. The fraction of sp³-hybridized carbons (Fsp3) is 0.188. The zero-order chi connectivity index (χ0) is 15.5. The van der Waals surface area contributed by atoms with Gasteiger partial charge in [0, 0.05) is 5.56 Å². The largest absolute Gasteiger partial charge is 0.504 e. The summed E-state index contributed by atoms with van der Waals surface area (Å²) in [5, 5.41) is 15.4. The van der Waals surface area contributed by atoms with Gasteiger partial charge in [0.25, 0.3) is 0 Å². The predicted molar refractivity (Wildman–Crippen MR) is 98.4 cm³/mol. The molecule has 0 aliphatic carbocycles. The SMILES string of the molecule is CCOc1cc([C@H]2NN=C(c3ccccc3)S2)cc(I)c1O. The third-order valence-corrected chi connectivity index (χ3v) is 5.17. The predicted octanol–water partition coefficient (Wildman–Crippen LogP) is 4.09. The second-order valence-corrected chi connectivity index (χ2v) is 6.95. The fourth-order valence-electron chi connectivity index (χ4n) is 2.15. The van der Waals surface area contributed by atoms with E-state index in [-0.39, 0.29) is 11.1 Å². The monoisotopic (exact) mass is 426 g/mol. The summed E-state index contributed by atoms with van der Waals surface area (Å²) in [5.41, 5.74) is 5.28. The molecule has 0 spiro atoms. The van der Waals surface area contributed by atoms with Gasteiger partial charge in [-0.05, 0) is 47.2 Å². The van der Waals surface area contributed by atoms with E-state index >= 15 is 0 Å². The Kier molecular flexibility index (Phi) is 4.77. The van der Waals surface area contributed by atoms with Gasteiger partial charge in [-0.2, -0.15) is 5.10 Å². The molecule has 0 saturated heterocycles. The van der Waals surface area contributed by atoms with Gasteiger partial charge in [-0.1, -0.05) is 42.1 Å². The van der Waals surface area contributed by atoms with E-state index in [1.165, 1.54) is 0 Å². The molecule has 6 heteroatoms. The summed E-state index contributed by atoms with van der Waals surface area (Å²) in [6.45, 7) is 2.42. The van der Waals surface area contributed by atoms with Crippen LogP contribution in [-0.4, -0.2) is 16.8 Å². The Morgan fingerprint density at radius 1 is 1.32 bits per heavy atom. The lowest BCUT2D eigenvalue weighted by molar-refractivity contribution is 0.316. The van der Waals surface area contributed by atoms with E-state index in [0.29, 0.717) is 12.4 Å². The lowest BCUT2D eigenvalue weighted by Crippen LogP contribution is -2.07. The third-order valence-electron chi connectivity index (χ3n) is 3.19. The molecule has 114 valence electrons. The lowest BCUT2D eigenvalue weighted by atomic mass is 10.2. The quantitative estimate of drug-likeness (QED) is 0.724. The van der Waals surface area contributed by atoms with Crippen LogP contribution in [0.4, 0.5) is 0 Å². The molecule has 22 heavy (non-hydrogen) atoms. The minimum Gasteiger partial charge on any atom is -0.504 e. The van der Waals surface area contributed by atoms with Crippen LogP contribution < -0.4 is 10.2 Å². The van der Waals surface area contributed by atoms with E-state index < -0.39 is 0 Å². The molecule has 0 saturated carbocycles. The first-order valence-electron chi connectivity index (χ1n) is 6.89. The molecule has 3 rings (SSSR count). The van der Waals surface area contributed by atoms with E-state index in [4.69, 9.17) is 4.74 Å². The van der Waals surface area contributed by atoms with Gasteiger partial charge in [-0.25, -0.2) is 0 Å². The van der Waals surface area contributed by atoms with Gasteiger partial charge in [0.05, 0.1) is 10.2 Å². The molecule has 0 aromatic heterocycles. The van der Waals surface area contributed by atoms with Gasteiger partial charge in [0.15, 0.2) is 11.5 Å². The maximum absolute atomic E-state index is 10.0. The number of rotatable bonds is 4. The van der Waals surface area contributed by atoms with Crippen LogP contribution in [0.3, 0.4) is 0 Å². The minimum atomic E-state index is 0.0172. The van der Waals surface area contributed by atoms with Crippen LogP contribution in [0.1, 0.15) is 23.4 Å². The molecular weight excluding hydrogens is 411 g/mol. The number of halogens is 1. The zero-order valence-electron chi connectivity index (χ0n) is 11.9. The van der Waals surface area contributed by atoms with Crippen molar-refractivity contribution in [3.8, 4) is 11.5 Å². The van der Waals surface area contributed by atoms with Crippen LogP contribution in [0.15, 0.2) is 47.6 Å². The van der Waals surface area contributed by atoms with Crippen molar-refractivity contribution in [2.24, 2.45) is 5.10 Å². The standard InChI is InChI=1S/C16H15IN2O2S/c1-2-21-13-9-11(8-12(17)14(13)20)16-19-18-15(22-16)10-6-4-3-5-7-10/h3-9,16,19-20H,2H2,1H3/t16-/m0/s1. The number of hydrogen-bond acceptors (Lipinski definition) is 5. The maximum atomic E-state index is 10.0. The summed E-state index contributed by atoms with van der Waals surface area (Å²) in [7, 11) is 0. The Bertz CT molecular complexity index is 707. The van der Waals surface area contributed by atoms with E-state index in [0.717, 1.165) is 19.7 Å². The molecular formula is C16H15IN2O2S. The first-order valence-corrected chi connectivity index (χ1v) is 8.85. The zero-order valence-corrected chi connectivity index (χ0v) is 14.9. The van der Waals surface area contributed by atoms with Crippen molar-refractivity contribution < 1.29 is 9.84 Å². The molecule has 2 aromatic rings. The Labute approximate surface area is 147 Å². The van der Waals surface area contributed by atoms with Crippen LogP contribution in [0.2, 0.25) is 0 Å². The normalized spacial score (nSPS) is 17.0. The van der Waals surface area contributed by atoms with Crippen molar-refractivity contribution in [3.05, 3.63) is 57.2 Å². The Morgan fingerprint density at radius 3 is 2.82 bits per heavy atom. The number of phenolic OH excluding ortho intramolecular Hbond substituents is 1. The summed E-state index contributed by atoms with van der Waals surface area (Å²) in [4.78, 5) is 0. The van der Waals surface area contributed by atoms with Crippen LogP contribution in [0.5, 0.6) is 11.5 Å². The summed E-state index contributed by atoms with van der Waals surface area (Å²) < 4.78 is 6.27.